The van der Waals surface area contributed by atoms with Crippen molar-refractivity contribution in [2.24, 2.45) is 0 Å². The molecule has 2 fully saturated rings. The minimum absolute atomic E-state index is 0.0102. The fraction of sp³-hybridized carbons (Fsp3) is 0.405. The molecule has 2 aliphatic rings. The molecule has 0 spiro atoms. The molecule has 2 atom stereocenters. The molecule has 4 aromatic rings. The van der Waals surface area contributed by atoms with E-state index in [2.05, 4.69) is 68.9 Å². The van der Waals surface area contributed by atoms with Crippen molar-refractivity contribution in [2.45, 2.75) is 77.0 Å². The third kappa shape index (κ3) is 8.83. The Balaban J connectivity index is 1.04. The van der Waals surface area contributed by atoms with Gasteiger partial charge in [-0.05, 0) is 87.8 Å². The van der Waals surface area contributed by atoms with Crippen LogP contribution in [0.1, 0.15) is 70.9 Å². The van der Waals surface area contributed by atoms with Crippen LogP contribution in [0, 0.1) is 12.7 Å². The summed E-state index contributed by atoms with van der Waals surface area (Å²) in [6.07, 6.45) is 4.84. The molecule has 9 nitrogen and oxygen atoms in total. The van der Waals surface area contributed by atoms with Crippen molar-refractivity contribution in [2.75, 3.05) is 19.6 Å². The molecule has 2 amide bonds. The molecule has 252 valence electrons. The second-order valence-electron chi connectivity index (χ2n) is 13.1. The first-order valence-electron chi connectivity index (χ1n) is 16.7. The summed E-state index contributed by atoms with van der Waals surface area (Å²) in [7, 11) is 0. The molecular weight excluding hydrogens is 628 g/mol. The van der Waals surface area contributed by atoms with Crippen molar-refractivity contribution in [3.8, 4) is 22.8 Å². The smallest absolute Gasteiger partial charge is 0.270 e. The van der Waals surface area contributed by atoms with E-state index in [-0.39, 0.29) is 29.4 Å². The van der Waals surface area contributed by atoms with E-state index in [0.717, 1.165) is 54.5 Å². The van der Waals surface area contributed by atoms with Gasteiger partial charge in [-0.1, -0.05) is 36.4 Å². The molecule has 2 aromatic heterocycles. The molecule has 6 rings (SSSR count). The number of nitrogens with one attached hydrogen (secondary N) is 3. The number of hydrogen-bond acceptors (Lipinski definition) is 8. The molecule has 1 saturated heterocycles. The van der Waals surface area contributed by atoms with E-state index in [4.69, 9.17) is 4.74 Å². The minimum Gasteiger partial charge on any atom is -0.438 e. The summed E-state index contributed by atoms with van der Waals surface area (Å²) in [4.78, 5) is 36.8. The van der Waals surface area contributed by atoms with Crippen LogP contribution in [-0.2, 0) is 6.42 Å². The number of carbonyl (C=O) groups excluding carboxylic acids is 2. The second-order valence-corrected chi connectivity index (χ2v) is 14.1. The van der Waals surface area contributed by atoms with Crippen molar-refractivity contribution in [1.82, 2.24) is 30.8 Å². The van der Waals surface area contributed by atoms with Crippen LogP contribution in [-0.4, -0.2) is 70.5 Å². The molecule has 1 aliphatic carbocycles. The van der Waals surface area contributed by atoms with Crippen molar-refractivity contribution in [1.29, 1.82) is 0 Å². The number of aryl methyl sites for hydroxylation is 1. The van der Waals surface area contributed by atoms with Crippen molar-refractivity contribution < 1.29 is 18.7 Å². The van der Waals surface area contributed by atoms with E-state index in [0.29, 0.717) is 49.2 Å². The van der Waals surface area contributed by atoms with Crippen LogP contribution in [0.4, 0.5) is 4.39 Å². The Morgan fingerprint density at radius 3 is 2.31 bits per heavy atom. The van der Waals surface area contributed by atoms with Crippen LogP contribution in [0.5, 0.6) is 11.6 Å². The van der Waals surface area contributed by atoms with Crippen LogP contribution < -0.4 is 20.7 Å². The highest BCUT2D eigenvalue weighted by Gasteiger charge is 2.26. The van der Waals surface area contributed by atoms with Gasteiger partial charge in [0.25, 0.3) is 11.8 Å². The molecule has 3 N–H and O–H groups in total. The van der Waals surface area contributed by atoms with Gasteiger partial charge in [0.15, 0.2) is 0 Å². The van der Waals surface area contributed by atoms with Gasteiger partial charge in [0.1, 0.15) is 22.8 Å². The molecule has 0 unspecified atom stereocenters. The number of nitrogens with zero attached hydrogens (tertiary/aromatic N) is 3. The van der Waals surface area contributed by atoms with Gasteiger partial charge in [-0.25, -0.2) is 14.4 Å². The highest BCUT2D eigenvalue weighted by Crippen LogP contribution is 2.29. The zero-order valence-corrected chi connectivity index (χ0v) is 28.5. The lowest BCUT2D eigenvalue weighted by Gasteiger charge is -2.36. The monoisotopic (exact) mass is 670 g/mol. The molecule has 48 heavy (non-hydrogen) atoms. The number of rotatable bonds is 10. The van der Waals surface area contributed by atoms with Crippen molar-refractivity contribution in [3.63, 3.8) is 0 Å². The maximum absolute atomic E-state index is 14.3. The summed E-state index contributed by atoms with van der Waals surface area (Å²) in [6, 6.07) is 18.2. The molecule has 2 aromatic carbocycles. The first-order chi connectivity index (χ1) is 23.2. The zero-order chi connectivity index (χ0) is 33.6. The number of hydrogen-bond donors (Lipinski definition) is 3. The number of pyridine rings is 1. The number of halogens is 1. The molecular formula is C37H43FN6O3S. The Bertz CT molecular complexity index is 1710. The Kier molecular flexibility index (Phi) is 10.8. The highest BCUT2D eigenvalue weighted by atomic mass is 32.1. The van der Waals surface area contributed by atoms with E-state index in [1.54, 1.807) is 11.4 Å². The molecule has 1 saturated carbocycles. The average Bonchev–Trinajstić information content (AvgIpc) is 3.52. The Morgan fingerprint density at radius 2 is 1.65 bits per heavy atom. The normalized spacial score (nSPS) is 21.4. The summed E-state index contributed by atoms with van der Waals surface area (Å²) in [5.74, 6) is -0.702. The van der Waals surface area contributed by atoms with E-state index in [1.165, 1.54) is 16.9 Å². The molecule has 3 heterocycles. The lowest BCUT2D eigenvalue weighted by atomic mass is 9.91. The van der Waals surface area contributed by atoms with Crippen LogP contribution in [0.25, 0.3) is 11.1 Å². The predicted octanol–water partition coefficient (Wildman–Crippen LogP) is 6.14. The first-order valence-corrected chi connectivity index (χ1v) is 17.6. The van der Waals surface area contributed by atoms with E-state index >= 15 is 0 Å². The number of benzene rings is 2. The number of amides is 2. The number of ether oxygens (including phenoxy) is 1. The predicted molar refractivity (Wildman–Crippen MR) is 186 cm³/mol. The zero-order valence-electron chi connectivity index (χ0n) is 27.7. The molecule has 0 radical (unpaired) electrons. The highest BCUT2D eigenvalue weighted by molar-refractivity contribution is 7.09. The van der Waals surface area contributed by atoms with Gasteiger partial charge >= 0.3 is 0 Å². The Hall–Kier alpha value is -4.19. The van der Waals surface area contributed by atoms with Crippen LogP contribution in [0.3, 0.4) is 0 Å². The SMILES string of the molecule is Cc1nc(C(=O)NC2CCC(NC(=O)c3cc(F)cnc3Oc3cccc(-c4ccc(CCN5C[C@@H](C)N[C@@H](C)C5)cc4)c3)CC2)cs1. The van der Waals surface area contributed by atoms with Gasteiger partial charge in [0, 0.05) is 49.2 Å². The van der Waals surface area contributed by atoms with Gasteiger partial charge in [0.05, 0.1) is 11.2 Å². The summed E-state index contributed by atoms with van der Waals surface area (Å²) in [6.45, 7) is 9.51. The average molecular weight is 671 g/mol. The van der Waals surface area contributed by atoms with E-state index < -0.39 is 11.7 Å². The number of piperazine rings is 1. The maximum Gasteiger partial charge on any atom is 0.270 e. The largest absolute Gasteiger partial charge is 0.438 e. The lowest BCUT2D eigenvalue weighted by Crippen LogP contribution is -2.54. The number of thiazole rings is 1. The van der Waals surface area contributed by atoms with Gasteiger partial charge in [-0.3, -0.25) is 14.5 Å². The third-order valence-electron chi connectivity index (χ3n) is 9.00. The Labute approximate surface area is 285 Å². The Morgan fingerprint density at radius 1 is 0.958 bits per heavy atom. The molecule has 11 heteroatoms. The number of carbonyl (C=O) groups is 2. The van der Waals surface area contributed by atoms with Crippen LogP contribution >= 0.6 is 11.3 Å². The van der Waals surface area contributed by atoms with Crippen LogP contribution in [0.2, 0.25) is 0 Å². The number of aromatic nitrogens is 2. The third-order valence-corrected chi connectivity index (χ3v) is 9.77. The summed E-state index contributed by atoms with van der Waals surface area (Å²) in [5.41, 5.74) is 3.77. The summed E-state index contributed by atoms with van der Waals surface area (Å²) >= 11 is 1.44. The standard InChI is InChI=1S/C37H43FN6O3S/c1-23-20-44(21-24(2)40-23)16-15-26-7-9-27(10-8-26)28-5-4-6-32(17-28)47-37-33(18-29(38)19-39-37)35(45)42-30-11-13-31(14-12-30)43-36(46)34-22-48-25(3)41-34/h4-10,17-19,22-24,30-31,40H,11-16,20-21H2,1-3H3,(H,42,45)(H,43,46)/t23-,24+,30?,31?. The molecule has 0 bridgehead atoms. The molecule has 1 aliphatic heterocycles. The van der Waals surface area contributed by atoms with Gasteiger partial charge in [0.2, 0.25) is 5.88 Å². The van der Waals surface area contributed by atoms with E-state index in [9.17, 15) is 14.0 Å². The van der Waals surface area contributed by atoms with E-state index in [1.807, 2.05) is 25.1 Å². The maximum atomic E-state index is 14.3. The quantitative estimate of drug-likeness (QED) is 0.186. The fourth-order valence-corrected chi connectivity index (χ4v) is 7.26. The first kappa shape index (κ1) is 33.7. The summed E-state index contributed by atoms with van der Waals surface area (Å²) in [5, 5.41) is 12.3. The van der Waals surface area contributed by atoms with Crippen LogP contribution in [0.15, 0.2) is 66.2 Å². The van der Waals surface area contributed by atoms with Gasteiger partial charge < -0.3 is 20.7 Å². The van der Waals surface area contributed by atoms with Crippen molar-refractivity contribution >= 4 is 23.2 Å². The van der Waals surface area contributed by atoms with Crippen molar-refractivity contribution in [3.05, 3.63) is 93.8 Å². The van der Waals surface area contributed by atoms with Gasteiger partial charge in [-0.2, -0.15) is 0 Å². The second kappa shape index (κ2) is 15.4. The minimum atomic E-state index is -0.619. The fourth-order valence-electron chi connectivity index (χ4n) is 6.67. The lowest BCUT2D eigenvalue weighted by molar-refractivity contribution is 0.0888. The summed E-state index contributed by atoms with van der Waals surface area (Å²) < 4.78 is 20.4. The van der Waals surface area contributed by atoms with Gasteiger partial charge in [-0.15, -0.1) is 11.3 Å². The topological polar surface area (TPSA) is 108 Å².